The summed E-state index contributed by atoms with van der Waals surface area (Å²) in [5, 5.41) is 0.316. The first-order chi connectivity index (χ1) is 15.3. The van der Waals surface area contributed by atoms with Crippen molar-refractivity contribution in [1.29, 1.82) is 0 Å². The third-order valence-electron chi connectivity index (χ3n) is 5.51. The quantitative estimate of drug-likeness (QED) is 0.574. The molecule has 1 fully saturated rings. The van der Waals surface area contributed by atoms with E-state index in [2.05, 4.69) is 0 Å². The van der Waals surface area contributed by atoms with Gasteiger partial charge >= 0.3 is 0 Å². The van der Waals surface area contributed by atoms with Gasteiger partial charge in [-0.1, -0.05) is 23.7 Å². The number of hydrogen-bond acceptors (Lipinski definition) is 5. The Bertz CT molecular complexity index is 1040. The van der Waals surface area contributed by atoms with Gasteiger partial charge in [-0.05, 0) is 55.7 Å². The van der Waals surface area contributed by atoms with Gasteiger partial charge in [0.1, 0.15) is 16.4 Å². The molecule has 9 heteroatoms. The number of methoxy groups -OCH3 is 1. The Balaban J connectivity index is 1.74. The molecule has 32 heavy (non-hydrogen) atoms. The number of nitrogens with zero attached hydrogens (tertiary/aromatic N) is 2. The number of carbonyl (C=O) groups is 1. The fraction of sp³-hybridized carbons (Fsp3) is 0.435. The van der Waals surface area contributed by atoms with Crippen LogP contribution in [0.15, 0.2) is 47.4 Å². The van der Waals surface area contributed by atoms with Crippen LogP contribution in [0.5, 0.6) is 11.5 Å². The molecule has 0 aromatic heterocycles. The molecular weight excluding hydrogens is 452 g/mol. The lowest BCUT2D eigenvalue weighted by Crippen LogP contribution is -2.45. The summed E-state index contributed by atoms with van der Waals surface area (Å²) in [4.78, 5) is 14.8. The normalized spacial score (nSPS) is 17.1. The smallest absolute Gasteiger partial charge is 0.246 e. The van der Waals surface area contributed by atoms with Gasteiger partial charge < -0.3 is 14.4 Å². The number of benzene rings is 2. The molecule has 2 aromatic rings. The number of carbonyl (C=O) groups excluding carboxylic acids is 1. The van der Waals surface area contributed by atoms with E-state index in [4.69, 9.17) is 21.1 Å². The number of hydrogen-bond donors (Lipinski definition) is 0. The van der Waals surface area contributed by atoms with Crippen molar-refractivity contribution in [2.45, 2.75) is 31.2 Å². The van der Waals surface area contributed by atoms with E-state index in [1.165, 1.54) is 10.4 Å². The predicted octanol–water partition coefficient (Wildman–Crippen LogP) is 3.81. The van der Waals surface area contributed by atoms with Gasteiger partial charge in [0.2, 0.25) is 15.9 Å². The minimum atomic E-state index is -3.86. The SMILES string of the molecule is CCOc1ccc(Cl)cc1S(=O)(=O)N1CCC[C@@H](C(=O)N(C)Cc2ccc(OC)cc2)C1. The maximum atomic E-state index is 13.4. The average molecular weight is 481 g/mol. The van der Waals surface area contributed by atoms with Crippen molar-refractivity contribution in [3.05, 3.63) is 53.1 Å². The molecule has 1 amide bonds. The molecule has 1 saturated heterocycles. The van der Waals surface area contributed by atoms with E-state index in [1.807, 2.05) is 24.3 Å². The van der Waals surface area contributed by atoms with Crippen LogP contribution in [0, 0.1) is 5.92 Å². The van der Waals surface area contributed by atoms with Gasteiger partial charge in [0.25, 0.3) is 0 Å². The third-order valence-corrected chi connectivity index (χ3v) is 7.63. The Morgan fingerprint density at radius 2 is 1.94 bits per heavy atom. The maximum Gasteiger partial charge on any atom is 0.246 e. The van der Waals surface area contributed by atoms with Crippen molar-refractivity contribution in [3.63, 3.8) is 0 Å². The molecule has 0 radical (unpaired) electrons. The summed E-state index contributed by atoms with van der Waals surface area (Å²) in [6.45, 7) is 3.05. The van der Waals surface area contributed by atoms with Crippen LogP contribution in [0.1, 0.15) is 25.3 Å². The van der Waals surface area contributed by atoms with E-state index in [0.29, 0.717) is 37.6 Å². The molecule has 0 saturated carbocycles. The van der Waals surface area contributed by atoms with Crippen molar-refractivity contribution >= 4 is 27.5 Å². The van der Waals surface area contributed by atoms with Crippen LogP contribution in [0.2, 0.25) is 5.02 Å². The van der Waals surface area contributed by atoms with Gasteiger partial charge in [-0.3, -0.25) is 4.79 Å². The molecule has 1 aliphatic heterocycles. The first-order valence-corrected chi connectivity index (χ1v) is 12.4. The third kappa shape index (κ3) is 5.54. The minimum Gasteiger partial charge on any atom is -0.497 e. The highest BCUT2D eigenvalue weighted by atomic mass is 35.5. The van der Waals surface area contributed by atoms with Gasteiger partial charge in [-0.25, -0.2) is 8.42 Å². The Labute approximate surface area is 194 Å². The highest BCUT2D eigenvalue weighted by Gasteiger charge is 2.36. The standard InChI is InChI=1S/C23H29ClN2O5S/c1-4-31-21-12-9-19(24)14-22(21)32(28,29)26-13-5-6-18(16-26)23(27)25(2)15-17-7-10-20(30-3)11-8-17/h7-12,14,18H,4-6,13,15-16H2,1-3H3/t18-/m1/s1. The van der Waals surface area contributed by atoms with Crippen LogP contribution in [-0.4, -0.2) is 57.4 Å². The molecule has 0 spiro atoms. The second-order valence-corrected chi connectivity index (χ2v) is 10.1. The monoisotopic (exact) mass is 480 g/mol. The molecule has 0 bridgehead atoms. The first-order valence-electron chi connectivity index (χ1n) is 10.6. The molecule has 174 valence electrons. The first kappa shape index (κ1) is 24.4. The Hall–Kier alpha value is -2.29. The second-order valence-electron chi connectivity index (χ2n) is 7.77. The van der Waals surface area contributed by atoms with E-state index in [-0.39, 0.29) is 23.1 Å². The van der Waals surface area contributed by atoms with Crippen LogP contribution in [0.4, 0.5) is 0 Å². The molecule has 1 aliphatic rings. The van der Waals surface area contributed by atoms with Gasteiger partial charge in [0, 0.05) is 31.7 Å². The lowest BCUT2D eigenvalue weighted by Gasteiger charge is -2.33. The zero-order valence-electron chi connectivity index (χ0n) is 18.6. The summed E-state index contributed by atoms with van der Waals surface area (Å²) in [6, 6.07) is 12.1. The van der Waals surface area contributed by atoms with Gasteiger partial charge in [-0.2, -0.15) is 4.31 Å². The highest BCUT2D eigenvalue weighted by molar-refractivity contribution is 7.89. The van der Waals surface area contributed by atoms with Crippen molar-refractivity contribution in [3.8, 4) is 11.5 Å². The summed E-state index contributed by atoms with van der Waals surface area (Å²) in [5.74, 6) is 0.540. The molecule has 0 aliphatic carbocycles. The van der Waals surface area contributed by atoms with Crippen molar-refractivity contribution in [2.75, 3.05) is 33.9 Å². The summed E-state index contributed by atoms with van der Waals surface area (Å²) in [5.41, 5.74) is 0.974. The molecule has 1 atom stereocenters. The van der Waals surface area contributed by atoms with Crippen LogP contribution in [0.3, 0.4) is 0 Å². The summed E-state index contributed by atoms with van der Waals surface area (Å²) in [7, 11) is -0.511. The van der Waals surface area contributed by atoms with Gasteiger partial charge in [-0.15, -0.1) is 0 Å². The number of halogens is 1. The van der Waals surface area contributed by atoms with Crippen molar-refractivity contribution in [2.24, 2.45) is 5.92 Å². The van der Waals surface area contributed by atoms with E-state index in [0.717, 1.165) is 11.3 Å². The molecule has 0 unspecified atom stereocenters. The molecule has 7 nitrogen and oxygen atoms in total. The summed E-state index contributed by atoms with van der Waals surface area (Å²) in [6.07, 6.45) is 1.25. The van der Waals surface area contributed by atoms with E-state index < -0.39 is 15.9 Å². The van der Waals surface area contributed by atoms with Crippen LogP contribution < -0.4 is 9.47 Å². The number of amides is 1. The summed E-state index contributed by atoms with van der Waals surface area (Å²) >= 11 is 6.07. The lowest BCUT2D eigenvalue weighted by molar-refractivity contribution is -0.135. The zero-order chi connectivity index (χ0) is 23.3. The average Bonchev–Trinajstić information content (AvgIpc) is 2.80. The number of ether oxygens (including phenoxy) is 2. The van der Waals surface area contributed by atoms with Crippen molar-refractivity contribution in [1.82, 2.24) is 9.21 Å². The van der Waals surface area contributed by atoms with Crippen LogP contribution in [0.25, 0.3) is 0 Å². The largest absolute Gasteiger partial charge is 0.497 e. The summed E-state index contributed by atoms with van der Waals surface area (Å²) < 4.78 is 38.8. The van der Waals surface area contributed by atoms with E-state index >= 15 is 0 Å². The topological polar surface area (TPSA) is 76.2 Å². The number of rotatable bonds is 8. The Morgan fingerprint density at radius 1 is 1.22 bits per heavy atom. The molecule has 2 aromatic carbocycles. The fourth-order valence-corrected chi connectivity index (χ4v) is 5.77. The van der Waals surface area contributed by atoms with Gasteiger partial charge in [0.05, 0.1) is 19.6 Å². The van der Waals surface area contributed by atoms with Gasteiger partial charge in [0.15, 0.2) is 0 Å². The lowest BCUT2D eigenvalue weighted by atomic mass is 9.98. The fourth-order valence-electron chi connectivity index (χ4n) is 3.85. The van der Waals surface area contributed by atoms with Crippen LogP contribution in [-0.2, 0) is 21.4 Å². The molecule has 3 rings (SSSR count). The molecular formula is C23H29ClN2O5S. The highest BCUT2D eigenvalue weighted by Crippen LogP contribution is 2.32. The van der Waals surface area contributed by atoms with Crippen molar-refractivity contribution < 1.29 is 22.7 Å². The molecule has 0 N–H and O–H groups in total. The number of sulfonamides is 1. The molecule has 1 heterocycles. The maximum absolute atomic E-state index is 13.4. The van der Waals surface area contributed by atoms with E-state index in [9.17, 15) is 13.2 Å². The zero-order valence-corrected chi connectivity index (χ0v) is 20.2. The van der Waals surface area contributed by atoms with E-state index in [1.54, 1.807) is 38.1 Å². The Morgan fingerprint density at radius 3 is 2.59 bits per heavy atom. The predicted molar refractivity (Wildman–Crippen MR) is 124 cm³/mol. The Kier molecular flexibility index (Phi) is 8.03. The minimum absolute atomic E-state index is 0.0338. The second kappa shape index (κ2) is 10.6. The number of piperidine rings is 1. The van der Waals surface area contributed by atoms with Crippen LogP contribution >= 0.6 is 11.6 Å².